The number of nitrogens with one attached hydrogen (secondary N) is 1. The molecule has 0 aromatic heterocycles. The molecule has 2 aromatic carbocycles. The average Bonchev–Trinajstić information content (AvgIpc) is 2.84. The number of piperidine rings is 1. The Balaban J connectivity index is 1.45. The van der Waals surface area contributed by atoms with Crippen molar-refractivity contribution in [2.24, 2.45) is 0 Å². The van der Waals surface area contributed by atoms with E-state index in [1.807, 2.05) is 55.5 Å². The maximum Gasteiger partial charge on any atom is 0.407 e. The molecule has 6 nitrogen and oxygen atoms in total. The molecule has 2 fully saturated rings. The highest BCUT2D eigenvalue weighted by Crippen LogP contribution is 2.28. The molecule has 0 bridgehead atoms. The van der Waals surface area contributed by atoms with E-state index in [4.69, 9.17) is 5.26 Å². The van der Waals surface area contributed by atoms with Crippen LogP contribution in [0.25, 0.3) is 0 Å². The minimum Gasteiger partial charge on any atom is -0.465 e. The van der Waals surface area contributed by atoms with Gasteiger partial charge in [0, 0.05) is 37.4 Å². The summed E-state index contributed by atoms with van der Waals surface area (Å²) >= 11 is 0. The van der Waals surface area contributed by atoms with Crippen molar-refractivity contribution in [3.8, 4) is 6.07 Å². The van der Waals surface area contributed by atoms with Crippen LogP contribution in [0.2, 0.25) is 0 Å². The van der Waals surface area contributed by atoms with Gasteiger partial charge in [-0.1, -0.05) is 37.1 Å². The van der Waals surface area contributed by atoms with Crippen molar-refractivity contribution in [3.63, 3.8) is 0 Å². The lowest BCUT2D eigenvalue weighted by molar-refractivity contribution is 0.0873. The van der Waals surface area contributed by atoms with Crippen LogP contribution < -0.4 is 10.2 Å². The summed E-state index contributed by atoms with van der Waals surface area (Å²) in [6, 6.07) is 18.5. The number of nitriles is 1. The second-order valence-corrected chi connectivity index (χ2v) is 9.41. The first kappa shape index (κ1) is 23.1. The molecule has 1 heterocycles. The van der Waals surface area contributed by atoms with Crippen LogP contribution in [0.4, 0.5) is 10.5 Å². The van der Waals surface area contributed by atoms with Gasteiger partial charge in [-0.25, -0.2) is 4.79 Å². The zero-order valence-electron chi connectivity index (χ0n) is 19.4. The van der Waals surface area contributed by atoms with Gasteiger partial charge in [0.1, 0.15) is 0 Å². The van der Waals surface area contributed by atoms with Gasteiger partial charge in [0.25, 0.3) is 0 Å². The van der Waals surface area contributed by atoms with E-state index in [1.165, 1.54) is 0 Å². The minimum absolute atomic E-state index is 0.0128. The topological polar surface area (TPSA) is 79.6 Å². The molecule has 0 radical (unpaired) electrons. The first-order valence-corrected chi connectivity index (χ1v) is 12.1. The summed E-state index contributed by atoms with van der Waals surface area (Å²) in [6.45, 7) is 4.39. The number of hydrogen-bond acceptors (Lipinski definition) is 4. The van der Waals surface area contributed by atoms with E-state index in [-0.39, 0.29) is 12.1 Å². The van der Waals surface area contributed by atoms with Crippen molar-refractivity contribution in [3.05, 3.63) is 65.2 Å². The standard InChI is InChI=1S/C27H34N4O2/c1-20-7-2-3-8-22(20)18-31(27(32)33)26-11-5-4-10-25(26)29-23-9-6-16-30(19-23)24-14-12-21(17-28)13-15-24/h2-3,7-8,12-15,23,25-26,29H,4-6,9-11,16,18-19H2,1H3,(H,32,33)/t23-,25+,26+/m0/s1. The van der Waals surface area contributed by atoms with Gasteiger partial charge in [0.15, 0.2) is 0 Å². The van der Waals surface area contributed by atoms with E-state index in [2.05, 4.69) is 16.3 Å². The quantitative estimate of drug-likeness (QED) is 0.659. The minimum atomic E-state index is -0.834. The van der Waals surface area contributed by atoms with Crippen molar-refractivity contribution < 1.29 is 9.90 Å². The Bertz CT molecular complexity index is 984. The van der Waals surface area contributed by atoms with Crippen LogP contribution in [-0.4, -0.2) is 47.3 Å². The van der Waals surface area contributed by atoms with Crippen LogP contribution in [0.3, 0.4) is 0 Å². The van der Waals surface area contributed by atoms with Gasteiger partial charge in [-0.05, 0) is 68.0 Å². The van der Waals surface area contributed by atoms with Crippen LogP contribution in [0, 0.1) is 18.3 Å². The number of rotatable bonds is 6. The molecule has 174 valence electrons. The average molecular weight is 447 g/mol. The Morgan fingerprint density at radius 3 is 2.61 bits per heavy atom. The Hall–Kier alpha value is -3.04. The number of nitrogens with zero attached hydrogens (tertiary/aromatic N) is 3. The third-order valence-electron chi connectivity index (χ3n) is 7.21. The highest BCUT2D eigenvalue weighted by Gasteiger charge is 2.35. The molecular formula is C27H34N4O2. The molecule has 4 rings (SSSR count). The van der Waals surface area contributed by atoms with Crippen LogP contribution in [0.15, 0.2) is 48.5 Å². The molecule has 1 amide bonds. The number of anilines is 1. The molecule has 1 aliphatic carbocycles. The van der Waals surface area contributed by atoms with Crippen LogP contribution in [-0.2, 0) is 6.54 Å². The smallest absolute Gasteiger partial charge is 0.407 e. The third-order valence-corrected chi connectivity index (χ3v) is 7.21. The fraction of sp³-hybridized carbons (Fsp3) is 0.481. The zero-order valence-corrected chi connectivity index (χ0v) is 19.4. The largest absolute Gasteiger partial charge is 0.465 e. The number of amides is 1. The second kappa shape index (κ2) is 10.7. The molecule has 33 heavy (non-hydrogen) atoms. The maximum atomic E-state index is 12.3. The van der Waals surface area contributed by atoms with Gasteiger partial charge in [-0.2, -0.15) is 5.26 Å². The SMILES string of the molecule is Cc1ccccc1CN(C(=O)O)[C@@H]1CCCC[C@H]1N[C@H]1CCCN(c2ccc(C#N)cc2)C1. The van der Waals surface area contributed by atoms with E-state index < -0.39 is 6.09 Å². The molecule has 2 N–H and O–H groups in total. The summed E-state index contributed by atoms with van der Waals surface area (Å²) in [7, 11) is 0. The highest BCUT2D eigenvalue weighted by atomic mass is 16.4. The van der Waals surface area contributed by atoms with Crippen molar-refractivity contribution in [2.45, 2.75) is 70.1 Å². The Kier molecular flexibility index (Phi) is 7.51. The molecular weight excluding hydrogens is 412 g/mol. The van der Waals surface area contributed by atoms with E-state index in [0.29, 0.717) is 18.2 Å². The lowest BCUT2D eigenvalue weighted by Crippen LogP contribution is -2.58. The summed E-state index contributed by atoms with van der Waals surface area (Å²) in [6.07, 6.45) is 5.49. The van der Waals surface area contributed by atoms with E-state index in [9.17, 15) is 9.90 Å². The van der Waals surface area contributed by atoms with Crippen molar-refractivity contribution in [1.29, 1.82) is 5.26 Å². The Labute approximate surface area is 196 Å². The molecule has 2 aromatic rings. The first-order chi connectivity index (χ1) is 16.0. The lowest BCUT2D eigenvalue weighted by atomic mass is 9.87. The Morgan fingerprint density at radius 1 is 1.12 bits per heavy atom. The fourth-order valence-corrected chi connectivity index (χ4v) is 5.37. The molecule has 1 aliphatic heterocycles. The lowest BCUT2D eigenvalue weighted by Gasteiger charge is -2.43. The number of carboxylic acid groups (broad SMARTS) is 1. The summed E-state index contributed by atoms with van der Waals surface area (Å²) in [5.74, 6) is 0. The monoisotopic (exact) mass is 446 g/mol. The Morgan fingerprint density at radius 2 is 1.88 bits per heavy atom. The van der Waals surface area contributed by atoms with Crippen LogP contribution >= 0.6 is 0 Å². The van der Waals surface area contributed by atoms with Gasteiger partial charge in [0.2, 0.25) is 0 Å². The summed E-state index contributed by atoms with van der Waals surface area (Å²) in [5.41, 5.74) is 4.04. The molecule has 0 unspecified atom stereocenters. The predicted octanol–water partition coefficient (Wildman–Crippen LogP) is 4.92. The summed E-state index contributed by atoms with van der Waals surface area (Å²) < 4.78 is 0. The molecule has 2 aliphatic rings. The fourth-order valence-electron chi connectivity index (χ4n) is 5.37. The normalized spacial score (nSPS) is 23.0. The predicted molar refractivity (Wildman–Crippen MR) is 130 cm³/mol. The van der Waals surface area contributed by atoms with Crippen molar-refractivity contribution in [1.82, 2.24) is 10.2 Å². The molecule has 1 saturated heterocycles. The molecule has 0 spiro atoms. The number of hydrogen-bond donors (Lipinski definition) is 2. The van der Waals surface area contributed by atoms with Gasteiger partial charge in [0.05, 0.1) is 17.7 Å². The van der Waals surface area contributed by atoms with Gasteiger partial charge >= 0.3 is 6.09 Å². The molecule has 3 atom stereocenters. The van der Waals surface area contributed by atoms with Gasteiger partial charge in [-0.3, -0.25) is 4.90 Å². The van der Waals surface area contributed by atoms with Gasteiger partial charge < -0.3 is 15.3 Å². The van der Waals surface area contributed by atoms with Crippen molar-refractivity contribution >= 4 is 11.8 Å². The number of aryl methyl sites for hydroxylation is 1. The molecule has 1 saturated carbocycles. The first-order valence-electron chi connectivity index (χ1n) is 12.1. The molecule has 6 heteroatoms. The van der Waals surface area contributed by atoms with Crippen LogP contribution in [0.5, 0.6) is 0 Å². The van der Waals surface area contributed by atoms with E-state index in [1.54, 1.807) is 4.90 Å². The maximum absolute atomic E-state index is 12.3. The number of carbonyl (C=O) groups is 1. The summed E-state index contributed by atoms with van der Waals surface area (Å²) in [4.78, 5) is 16.4. The number of benzene rings is 2. The van der Waals surface area contributed by atoms with E-state index in [0.717, 1.165) is 68.4 Å². The third kappa shape index (κ3) is 5.66. The van der Waals surface area contributed by atoms with Gasteiger partial charge in [-0.15, -0.1) is 0 Å². The summed E-state index contributed by atoms with van der Waals surface area (Å²) in [5, 5.41) is 23.0. The highest BCUT2D eigenvalue weighted by molar-refractivity contribution is 5.65. The van der Waals surface area contributed by atoms with Crippen LogP contribution in [0.1, 0.15) is 55.2 Å². The second-order valence-electron chi connectivity index (χ2n) is 9.41. The zero-order chi connectivity index (χ0) is 23.2. The van der Waals surface area contributed by atoms with Crippen molar-refractivity contribution in [2.75, 3.05) is 18.0 Å². The van der Waals surface area contributed by atoms with E-state index >= 15 is 0 Å².